The van der Waals surface area contributed by atoms with Crippen molar-refractivity contribution in [1.82, 2.24) is 4.90 Å². The lowest BCUT2D eigenvalue weighted by Gasteiger charge is -2.29. The highest BCUT2D eigenvalue weighted by molar-refractivity contribution is 9.10. The molecule has 2 rings (SSSR count). The quantitative estimate of drug-likeness (QED) is 0.904. The summed E-state index contributed by atoms with van der Waals surface area (Å²) < 4.78 is 6.54. The number of hydrogen-bond donors (Lipinski definition) is 1. The number of nitrogens with zero attached hydrogens (tertiary/aromatic N) is 1. The van der Waals surface area contributed by atoms with Crippen molar-refractivity contribution in [2.75, 3.05) is 6.61 Å². The summed E-state index contributed by atoms with van der Waals surface area (Å²) in [7, 11) is 0. The highest BCUT2D eigenvalue weighted by Gasteiger charge is 2.42. The number of halogens is 1. The maximum atomic E-state index is 11.3. The molecular weight excluding hydrogens is 310 g/mol. The van der Waals surface area contributed by atoms with Crippen molar-refractivity contribution < 1.29 is 14.6 Å². The van der Waals surface area contributed by atoms with E-state index < -0.39 is 11.8 Å². The fraction of sp³-hybridized carbons (Fsp3) is 0.357. The fourth-order valence-corrected chi connectivity index (χ4v) is 2.41. The molecule has 1 aliphatic heterocycles. The molecule has 0 spiro atoms. The van der Waals surface area contributed by atoms with Gasteiger partial charge in [-0.3, -0.25) is 4.90 Å². The van der Waals surface area contributed by atoms with Crippen LogP contribution in [0, 0.1) is 0 Å². The molecule has 1 aromatic carbocycles. The second-order valence-electron chi connectivity index (χ2n) is 4.89. The Morgan fingerprint density at radius 3 is 2.68 bits per heavy atom. The Hall–Kier alpha value is -1.33. The summed E-state index contributed by atoms with van der Waals surface area (Å²) in [5, 5.41) is 9.26. The van der Waals surface area contributed by atoms with Gasteiger partial charge in [-0.05, 0) is 31.5 Å². The third kappa shape index (κ3) is 3.16. The van der Waals surface area contributed by atoms with E-state index in [2.05, 4.69) is 15.9 Å². The van der Waals surface area contributed by atoms with Crippen LogP contribution >= 0.6 is 15.9 Å². The first-order chi connectivity index (χ1) is 8.90. The van der Waals surface area contributed by atoms with Crippen LogP contribution < -0.4 is 0 Å². The second kappa shape index (κ2) is 5.35. The van der Waals surface area contributed by atoms with Gasteiger partial charge in [0.1, 0.15) is 5.72 Å². The molecule has 1 aromatic rings. The van der Waals surface area contributed by atoms with Crippen molar-refractivity contribution in [3.8, 4) is 0 Å². The van der Waals surface area contributed by atoms with Gasteiger partial charge in [-0.1, -0.05) is 40.2 Å². The molecular formula is C14H16BrNO3. The Balaban J connectivity index is 2.14. The average Bonchev–Trinajstić information content (AvgIpc) is 2.64. The first-order valence-corrected chi connectivity index (χ1v) is 6.79. The lowest BCUT2D eigenvalue weighted by molar-refractivity contribution is -0.0409. The molecule has 1 saturated heterocycles. The number of hydrogen-bond acceptors (Lipinski definition) is 2. The minimum atomic E-state index is -0.965. The first kappa shape index (κ1) is 14.1. The van der Waals surface area contributed by atoms with Gasteiger partial charge in [0.05, 0.1) is 12.6 Å². The minimum absolute atomic E-state index is 0.254. The molecule has 1 N–H and O–H groups in total. The number of benzene rings is 1. The van der Waals surface area contributed by atoms with E-state index in [4.69, 9.17) is 4.74 Å². The van der Waals surface area contributed by atoms with Crippen LogP contribution in [0.5, 0.6) is 0 Å². The van der Waals surface area contributed by atoms with Crippen molar-refractivity contribution >= 4 is 28.1 Å². The van der Waals surface area contributed by atoms with Crippen molar-refractivity contribution in [1.29, 1.82) is 0 Å². The fourth-order valence-electron chi connectivity index (χ4n) is 2.14. The summed E-state index contributed by atoms with van der Waals surface area (Å²) in [5.41, 5.74) is 0.249. The SMILES string of the molecule is CC1(C)OCC(C=Cc2ccc(Br)cc2)N1C(=O)O. The summed E-state index contributed by atoms with van der Waals surface area (Å²) in [6, 6.07) is 7.57. The third-order valence-corrected chi connectivity index (χ3v) is 3.63. The van der Waals surface area contributed by atoms with Gasteiger partial charge in [0.15, 0.2) is 0 Å². The van der Waals surface area contributed by atoms with Crippen LogP contribution in [0.1, 0.15) is 19.4 Å². The number of carbonyl (C=O) groups is 1. The van der Waals surface area contributed by atoms with Crippen LogP contribution in [-0.2, 0) is 4.74 Å². The Kier molecular flexibility index (Phi) is 3.96. The summed E-state index contributed by atoms with van der Waals surface area (Å²) >= 11 is 3.38. The highest BCUT2D eigenvalue weighted by Crippen LogP contribution is 2.28. The van der Waals surface area contributed by atoms with Gasteiger partial charge in [-0.25, -0.2) is 4.79 Å². The van der Waals surface area contributed by atoms with Gasteiger partial charge in [0, 0.05) is 4.47 Å². The van der Waals surface area contributed by atoms with Crippen LogP contribution in [0.25, 0.3) is 6.08 Å². The maximum absolute atomic E-state index is 11.3. The predicted molar refractivity (Wildman–Crippen MR) is 76.9 cm³/mol. The first-order valence-electron chi connectivity index (χ1n) is 6.00. The molecule has 0 saturated carbocycles. The molecule has 1 unspecified atom stereocenters. The monoisotopic (exact) mass is 325 g/mol. The summed E-state index contributed by atoms with van der Waals surface area (Å²) in [4.78, 5) is 12.6. The van der Waals surface area contributed by atoms with Gasteiger partial charge < -0.3 is 9.84 Å². The third-order valence-electron chi connectivity index (χ3n) is 3.11. The number of ether oxygens (including phenoxy) is 1. The lowest BCUT2D eigenvalue weighted by Crippen LogP contribution is -2.46. The van der Waals surface area contributed by atoms with Crippen LogP contribution in [0.4, 0.5) is 4.79 Å². The second-order valence-corrected chi connectivity index (χ2v) is 5.80. The van der Waals surface area contributed by atoms with Crippen molar-refractivity contribution in [3.05, 3.63) is 40.4 Å². The molecule has 1 atom stereocenters. The van der Waals surface area contributed by atoms with Gasteiger partial charge in [0.25, 0.3) is 0 Å². The van der Waals surface area contributed by atoms with E-state index in [0.29, 0.717) is 6.61 Å². The normalized spacial score (nSPS) is 22.1. The molecule has 0 bridgehead atoms. The van der Waals surface area contributed by atoms with Crippen molar-refractivity contribution in [3.63, 3.8) is 0 Å². The van der Waals surface area contributed by atoms with E-state index in [1.807, 2.05) is 36.4 Å². The van der Waals surface area contributed by atoms with E-state index >= 15 is 0 Å². The smallest absolute Gasteiger partial charge is 0.410 e. The van der Waals surface area contributed by atoms with Crippen molar-refractivity contribution in [2.45, 2.75) is 25.6 Å². The maximum Gasteiger partial charge on any atom is 0.410 e. The molecule has 5 heteroatoms. The van der Waals surface area contributed by atoms with Gasteiger partial charge >= 0.3 is 6.09 Å². The minimum Gasteiger partial charge on any atom is -0.465 e. The zero-order valence-electron chi connectivity index (χ0n) is 10.8. The predicted octanol–water partition coefficient (Wildman–Crippen LogP) is 3.58. The van der Waals surface area contributed by atoms with E-state index in [9.17, 15) is 9.90 Å². The summed E-state index contributed by atoms with van der Waals surface area (Å²) in [5.74, 6) is 0. The Morgan fingerprint density at radius 1 is 1.47 bits per heavy atom. The topological polar surface area (TPSA) is 49.8 Å². The van der Waals surface area contributed by atoms with E-state index in [-0.39, 0.29) is 6.04 Å². The Labute approximate surface area is 120 Å². The molecule has 4 nitrogen and oxygen atoms in total. The van der Waals surface area contributed by atoms with E-state index in [0.717, 1.165) is 10.0 Å². The molecule has 1 heterocycles. The van der Waals surface area contributed by atoms with Crippen LogP contribution in [-0.4, -0.2) is 34.5 Å². The van der Waals surface area contributed by atoms with Crippen molar-refractivity contribution in [2.24, 2.45) is 0 Å². The van der Waals surface area contributed by atoms with E-state index in [1.165, 1.54) is 4.90 Å². The zero-order valence-corrected chi connectivity index (χ0v) is 12.4. The van der Waals surface area contributed by atoms with Gasteiger partial charge in [0.2, 0.25) is 0 Å². The van der Waals surface area contributed by atoms with Crippen LogP contribution in [0.15, 0.2) is 34.8 Å². The number of rotatable bonds is 2. The molecule has 0 aromatic heterocycles. The molecule has 102 valence electrons. The zero-order chi connectivity index (χ0) is 14.0. The van der Waals surface area contributed by atoms with Crippen LogP contribution in [0.3, 0.4) is 0 Å². The molecule has 19 heavy (non-hydrogen) atoms. The standard InChI is InChI=1S/C14H16BrNO3/c1-14(2)16(13(17)18)12(9-19-14)8-5-10-3-6-11(15)7-4-10/h3-8,12H,9H2,1-2H3,(H,17,18). The lowest BCUT2D eigenvalue weighted by atomic mass is 10.1. The molecule has 0 aliphatic carbocycles. The van der Waals surface area contributed by atoms with Crippen LogP contribution in [0.2, 0.25) is 0 Å². The highest BCUT2D eigenvalue weighted by atomic mass is 79.9. The summed E-state index contributed by atoms with van der Waals surface area (Å²) in [6.45, 7) is 3.90. The molecule has 1 aliphatic rings. The Bertz CT molecular complexity index is 496. The Morgan fingerprint density at radius 2 is 2.11 bits per heavy atom. The average molecular weight is 326 g/mol. The van der Waals surface area contributed by atoms with Gasteiger partial charge in [-0.2, -0.15) is 0 Å². The largest absolute Gasteiger partial charge is 0.465 e. The number of amides is 1. The van der Waals surface area contributed by atoms with Gasteiger partial charge in [-0.15, -0.1) is 0 Å². The molecule has 1 fully saturated rings. The molecule has 0 radical (unpaired) electrons. The molecule has 1 amide bonds. The van der Waals surface area contributed by atoms with E-state index in [1.54, 1.807) is 13.8 Å². The number of carboxylic acid groups (broad SMARTS) is 1. The summed E-state index contributed by atoms with van der Waals surface area (Å²) in [6.07, 6.45) is 2.82.